The molecule has 0 heterocycles. The van der Waals surface area contributed by atoms with Gasteiger partial charge in [-0.3, -0.25) is 15.0 Å². The largest absolute Gasteiger partial charge is 0.481 e. The van der Waals surface area contributed by atoms with E-state index in [2.05, 4.69) is 0 Å². The van der Waals surface area contributed by atoms with Crippen molar-refractivity contribution in [2.24, 2.45) is 11.5 Å². The van der Waals surface area contributed by atoms with Crippen LogP contribution < -0.4 is 11.5 Å². The fourth-order valence-electron chi connectivity index (χ4n) is 1.55. The SMILES string of the molecule is N=C(N)N(CCCC(N)C(=O)O)C(CC(=O)O)C(=O)O. The normalized spacial score (nSPS) is 13.2. The van der Waals surface area contributed by atoms with Crippen LogP contribution in [0, 0.1) is 5.41 Å². The van der Waals surface area contributed by atoms with Gasteiger partial charge >= 0.3 is 17.9 Å². The number of guanidine groups is 1. The summed E-state index contributed by atoms with van der Waals surface area (Å²) in [7, 11) is 0. The van der Waals surface area contributed by atoms with Crippen molar-refractivity contribution in [2.75, 3.05) is 6.54 Å². The molecule has 114 valence electrons. The number of nitrogens with one attached hydrogen (secondary N) is 1. The zero-order valence-corrected chi connectivity index (χ0v) is 10.7. The zero-order chi connectivity index (χ0) is 15.9. The minimum absolute atomic E-state index is 0.0541. The summed E-state index contributed by atoms with van der Waals surface area (Å²) < 4.78 is 0. The Morgan fingerprint density at radius 3 is 2.05 bits per heavy atom. The van der Waals surface area contributed by atoms with Gasteiger partial charge in [0.2, 0.25) is 0 Å². The molecule has 0 aromatic carbocycles. The lowest BCUT2D eigenvalue weighted by Gasteiger charge is -2.28. The van der Waals surface area contributed by atoms with Gasteiger partial charge in [0.1, 0.15) is 12.1 Å². The van der Waals surface area contributed by atoms with Crippen LogP contribution in [0.2, 0.25) is 0 Å². The fraction of sp³-hybridized carbons (Fsp3) is 0.600. The Morgan fingerprint density at radius 2 is 1.70 bits per heavy atom. The Hall–Kier alpha value is -2.36. The Morgan fingerprint density at radius 1 is 1.15 bits per heavy atom. The van der Waals surface area contributed by atoms with Crippen LogP contribution in [0.1, 0.15) is 19.3 Å². The van der Waals surface area contributed by atoms with Gasteiger partial charge in [0, 0.05) is 6.54 Å². The van der Waals surface area contributed by atoms with Gasteiger partial charge in [-0.25, -0.2) is 4.79 Å². The van der Waals surface area contributed by atoms with Crippen LogP contribution in [0.15, 0.2) is 0 Å². The summed E-state index contributed by atoms with van der Waals surface area (Å²) in [4.78, 5) is 33.0. The zero-order valence-electron chi connectivity index (χ0n) is 10.7. The Kier molecular flexibility index (Phi) is 7.00. The van der Waals surface area contributed by atoms with E-state index in [4.69, 9.17) is 32.2 Å². The van der Waals surface area contributed by atoms with Crippen molar-refractivity contribution in [3.8, 4) is 0 Å². The molecule has 0 radical (unpaired) electrons. The molecule has 0 aliphatic carbocycles. The Balaban J connectivity index is 4.69. The first-order chi connectivity index (χ1) is 9.16. The molecule has 0 aliphatic rings. The van der Waals surface area contributed by atoms with Crippen molar-refractivity contribution >= 4 is 23.9 Å². The molecule has 0 bridgehead atoms. The van der Waals surface area contributed by atoms with Gasteiger partial charge in [-0.2, -0.15) is 0 Å². The van der Waals surface area contributed by atoms with E-state index in [0.29, 0.717) is 0 Å². The average Bonchev–Trinajstić information content (AvgIpc) is 2.30. The van der Waals surface area contributed by atoms with Crippen molar-refractivity contribution in [2.45, 2.75) is 31.3 Å². The van der Waals surface area contributed by atoms with Crippen molar-refractivity contribution < 1.29 is 29.7 Å². The van der Waals surface area contributed by atoms with E-state index in [1.807, 2.05) is 0 Å². The fourth-order valence-corrected chi connectivity index (χ4v) is 1.55. The molecule has 0 aromatic rings. The van der Waals surface area contributed by atoms with Crippen LogP contribution in [0.3, 0.4) is 0 Å². The van der Waals surface area contributed by atoms with Crippen LogP contribution in [0.25, 0.3) is 0 Å². The number of hydrogen-bond acceptors (Lipinski definition) is 5. The molecular formula is C10H18N4O6. The van der Waals surface area contributed by atoms with Crippen LogP contribution in [-0.4, -0.2) is 62.7 Å². The van der Waals surface area contributed by atoms with E-state index in [1.165, 1.54) is 0 Å². The molecule has 0 aromatic heterocycles. The maximum absolute atomic E-state index is 11.0. The topological polar surface area (TPSA) is 191 Å². The quantitative estimate of drug-likeness (QED) is 0.212. The van der Waals surface area contributed by atoms with Gasteiger partial charge < -0.3 is 31.7 Å². The highest BCUT2D eigenvalue weighted by atomic mass is 16.4. The summed E-state index contributed by atoms with van der Waals surface area (Å²) in [6.07, 6.45) is -0.505. The van der Waals surface area contributed by atoms with Crippen molar-refractivity contribution in [3.05, 3.63) is 0 Å². The van der Waals surface area contributed by atoms with Gasteiger partial charge in [-0.05, 0) is 12.8 Å². The molecule has 0 aliphatic heterocycles. The summed E-state index contributed by atoms with van der Waals surface area (Å²) in [6.45, 7) is -0.0689. The lowest BCUT2D eigenvalue weighted by Crippen LogP contribution is -2.49. The summed E-state index contributed by atoms with van der Waals surface area (Å²) in [5.41, 5.74) is 10.5. The maximum atomic E-state index is 11.0. The third-order valence-electron chi connectivity index (χ3n) is 2.57. The summed E-state index contributed by atoms with van der Waals surface area (Å²) >= 11 is 0. The van der Waals surface area contributed by atoms with Crippen LogP contribution >= 0.6 is 0 Å². The Bertz CT molecular complexity index is 399. The van der Waals surface area contributed by atoms with Gasteiger partial charge in [0.05, 0.1) is 6.42 Å². The molecule has 8 N–H and O–H groups in total. The third-order valence-corrected chi connectivity index (χ3v) is 2.57. The number of rotatable bonds is 9. The number of nitrogens with two attached hydrogens (primary N) is 2. The molecule has 0 saturated heterocycles. The molecule has 10 nitrogen and oxygen atoms in total. The predicted molar refractivity (Wildman–Crippen MR) is 67.1 cm³/mol. The second-order valence-electron chi connectivity index (χ2n) is 4.12. The van der Waals surface area contributed by atoms with Gasteiger partial charge in [-0.1, -0.05) is 0 Å². The van der Waals surface area contributed by atoms with Crippen molar-refractivity contribution in [3.63, 3.8) is 0 Å². The minimum atomic E-state index is -1.48. The Labute approximate surface area is 114 Å². The first-order valence-corrected chi connectivity index (χ1v) is 5.70. The smallest absolute Gasteiger partial charge is 0.327 e. The van der Waals surface area contributed by atoms with Crippen LogP contribution in [0.5, 0.6) is 0 Å². The molecule has 0 fully saturated rings. The monoisotopic (exact) mass is 290 g/mol. The molecule has 10 heteroatoms. The van der Waals surface area contributed by atoms with Crippen molar-refractivity contribution in [1.29, 1.82) is 5.41 Å². The highest BCUT2D eigenvalue weighted by Crippen LogP contribution is 2.08. The minimum Gasteiger partial charge on any atom is -0.481 e. The van der Waals surface area contributed by atoms with E-state index in [0.717, 1.165) is 4.90 Å². The number of carboxylic acids is 3. The number of aliphatic carboxylic acids is 3. The van der Waals surface area contributed by atoms with E-state index >= 15 is 0 Å². The number of carboxylic acid groups (broad SMARTS) is 3. The molecule has 0 rings (SSSR count). The van der Waals surface area contributed by atoms with E-state index in [9.17, 15) is 14.4 Å². The molecule has 2 atom stereocenters. The number of hydrogen-bond donors (Lipinski definition) is 6. The van der Waals surface area contributed by atoms with Gasteiger partial charge in [0.15, 0.2) is 5.96 Å². The van der Waals surface area contributed by atoms with E-state index in [1.54, 1.807) is 0 Å². The number of nitrogens with zero attached hydrogens (tertiary/aromatic N) is 1. The number of carbonyl (C=O) groups is 3. The lowest BCUT2D eigenvalue weighted by molar-refractivity contribution is -0.148. The van der Waals surface area contributed by atoms with Crippen molar-refractivity contribution in [1.82, 2.24) is 4.90 Å². The van der Waals surface area contributed by atoms with E-state index < -0.39 is 42.4 Å². The summed E-state index contributed by atoms with van der Waals surface area (Å²) in [5, 5.41) is 33.5. The predicted octanol–water partition coefficient (Wildman–Crippen LogP) is -1.70. The first kappa shape index (κ1) is 17.6. The summed E-state index contributed by atoms with van der Waals surface area (Å²) in [5.74, 6) is -4.56. The lowest BCUT2D eigenvalue weighted by atomic mass is 10.1. The first-order valence-electron chi connectivity index (χ1n) is 5.70. The molecule has 0 saturated carbocycles. The third kappa shape index (κ3) is 6.00. The standard InChI is InChI=1S/C10H18N4O6/c11-5(8(17)18)2-1-3-14(10(12)13)6(9(19)20)4-7(15)16/h5-6H,1-4,11H2,(H3,12,13)(H,15,16)(H,17,18)(H,19,20). The average molecular weight is 290 g/mol. The second-order valence-corrected chi connectivity index (χ2v) is 4.12. The van der Waals surface area contributed by atoms with E-state index in [-0.39, 0.29) is 19.4 Å². The molecule has 0 amide bonds. The summed E-state index contributed by atoms with van der Waals surface area (Å²) in [6, 6.07) is -2.59. The highest BCUT2D eigenvalue weighted by molar-refractivity contribution is 5.86. The molecule has 0 spiro atoms. The van der Waals surface area contributed by atoms with Gasteiger partial charge in [0.25, 0.3) is 0 Å². The van der Waals surface area contributed by atoms with Crippen LogP contribution in [-0.2, 0) is 14.4 Å². The maximum Gasteiger partial charge on any atom is 0.327 e. The molecular weight excluding hydrogens is 272 g/mol. The van der Waals surface area contributed by atoms with Crippen LogP contribution in [0.4, 0.5) is 0 Å². The molecule has 20 heavy (non-hydrogen) atoms. The second kappa shape index (κ2) is 7.94. The molecule has 2 unspecified atom stereocenters. The highest BCUT2D eigenvalue weighted by Gasteiger charge is 2.29. The van der Waals surface area contributed by atoms with Gasteiger partial charge in [-0.15, -0.1) is 0 Å².